The van der Waals surface area contributed by atoms with Crippen molar-refractivity contribution < 1.29 is 5.48 Å². The summed E-state index contributed by atoms with van der Waals surface area (Å²) in [6.07, 6.45) is 0. The Morgan fingerprint density at radius 2 is 1.45 bits per heavy atom. The first-order chi connectivity index (χ1) is 4.70. The van der Waals surface area contributed by atoms with Crippen molar-refractivity contribution in [1.82, 2.24) is 0 Å². The van der Waals surface area contributed by atoms with Gasteiger partial charge in [-0.15, -0.1) is 0 Å². The fraction of sp³-hybridized carbons (Fsp3) is 0.333. The van der Waals surface area contributed by atoms with Crippen LogP contribution in [0.4, 0.5) is 0 Å². The highest BCUT2D eigenvalue weighted by molar-refractivity contribution is 7.64. The zero-order valence-electron chi connectivity index (χ0n) is 7.26. The van der Waals surface area contributed by atoms with Gasteiger partial charge in [0, 0.05) is 0 Å². The lowest BCUT2D eigenvalue weighted by Gasteiger charge is -2.04. The van der Waals surface area contributed by atoms with Crippen molar-refractivity contribution in [2.45, 2.75) is 6.92 Å². The van der Waals surface area contributed by atoms with Gasteiger partial charge >= 0.3 is 0 Å². The molecule has 0 radical (unpaired) electrons. The van der Waals surface area contributed by atoms with Gasteiger partial charge in [0.1, 0.15) is 0 Å². The Morgan fingerprint density at radius 1 is 1.00 bits per heavy atom. The van der Waals surface area contributed by atoms with E-state index in [2.05, 4.69) is 44.5 Å². The summed E-state index contributed by atoms with van der Waals surface area (Å²) in [7, 11) is 0.0920. The van der Waals surface area contributed by atoms with Crippen LogP contribution in [-0.4, -0.2) is 18.8 Å². The minimum atomic E-state index is 0. The zero-order valence-corrected chi connectivity index (χ0v) is 8.15. The van der Waals surface area contributed by atoms with E-state index in [1.807, 2.05) is 0 Å². The molecule has 1 aromatic carbocycles. The van der Waals surface area contributed by atoms with Gasteiger partial charge in [-0.1, -0.05) is 37.8 Å². The summed E-state index contributed by atoms with van der Waals surface area (Å²) in [6.45, 7) is 6.68. The lowest BCUT2D eigenvalue weighted by molar-refractivity contribution is 0.824. The summed E-state index contributed by atoms with van der Waals surface area (Å²) in [5, 5.41) is 1.49. The quantitative estimate of drug-likeness (QED) is 0.572. The first kappa shape index (κ1) is 10.6. The average Bonchev–Trinajstić information content (AvgIpc) is 1.88. The summed E-state index contributed by atoms with van der Waals surface area (Å²) in [4.78, 5) is 0. The highest BCUT2D eigenvalue weighted by Crippen LogP contribution is 2.22. The molecule has 0 spiro atoms. The molecule has 11 heavy (non-hydrogen) atoms. The van der Waals surface area contributed by atoms with E-state index in [4.69, 9.17) is 0 Å². The van der Waals surface area contributed by atoms with Crippen LogP contribution >= 0.6 is 7.92 Å². The third-order valence-corrected chi connectivity index (χ3v) is 2.88. The van der Waals surface area contributed by atoms with Gasteiger partial charge in [0.25, 0.3) is 0 Å². The molecule has 1 nitrogen and oxygen atoms in total. The minimum absolute atomic E-state index is 0. The minimum Gasteiger partial charge on any atom is -0.412 e. The average molecular weight is 170 g/mol. The van der Waals surface area contributed by atoms with Crippen LogP contribution in [0, 0.1) is 6.92 Å². The van der Waals surface area contributed by atoms with E-state index in [0.717, 1.165) is 0 Å². The lowest BCUT2D eigenvalue weighted by atomic mass is 10.2. The first-order valence-corrected chi connectivity index (χ1v) is 5.68. The van der Waals surface area contributed by atoms with Gasteiger partial charge in [0.05, 0.1) is 0 Å². The van der Waals surface area contributed by atoms with E-state index in [9.17, 15) is 0 Å². The Hall–Kier alpha value is -0.390. The standard InChI is InChI=1S/C9H13P.H2O/c1-8-4-6-9(7-5-8)10(2)3;/h4-7H,1-3H3;1H2. The summed E-state index contributed by atoms with van der Waals surface area (Å²) in [5.74, 6) is 0. The molecule has 0 amide bonds. The molecule has 2 heteroatoms. The maximum absolute atomic E-state index is 2.28. The number of hydrogen-bond acceptors (Lipinski definition) is 0. The van der Waals surface area contributed by atoms with Crippen molar-refractivity contribution in [2.75, 3.05) is 13.3 Å². The summed E-state index contributed by atoms with van der Waals surface area (Å²) in [6, 6.07) is 8.80. The Bertz CT molecular complexity index is 203. The van der Waals surface area contributed by atoms with Crippen molar-refractivity contribution >= 4 is 13.2 Å². The lowest BCUT2D eigenvalue weighted by Crippen LogP contribution is -1.96. The molecule has 0 heterocycles. The van der Waals surface area contributed by atoms with Crippen molar-refractivity contribution in [2.24, 2.45) is 0 Å². The predicted molar refractivity (Wildman–Crippen MR) is 53.2 cm³/mol. The highest BCUT2D eigenvalue weighted by atomic mass is 31.1. The fourth-order valence-corrected chi connectivity index (χ4v) is 1.59. The third-order valence-electron chi connectivity index (χ3n) is 1.55. The molecule has 0 aliphatic rings. The molecule has 2 N–H and O–H groups in total. The van der Waals surface area contributed by atoms with Crippen LogP contribution in [0.15, 0.2) is 24.3 Å². The Balaban J connectivity index is 0.000001000. The van der Waals surface area contributed by atoms with Crippen LogP contribution in [0.25, 0.3) is 0 Å². The molecule has 0 fully saturated rings. The predicted octanol–water partition coefficient (Wildman–Crippen LogP) is 1.54. The highest BCUT2D eigenvalue weighted by Gasteiger charge is 1.94. The molecule has 0 aromatic heterocycles. The van der Waals surface area contributed by atoms with Gasteiger partial charge in [-0.3, -0.25) is 0 Å². The van der Waals surface area contributed by atoms with Gasteiger partial charge in [0.15, 0.2) is 0 Å². The Kier molecular flexibility index (Phi) is 4.32. The molecule has 0 bridgehead atoms. The van der Waals surface area contributed by atoms with Gasteiger partial charge in [0.2, 0.25) is 0 Å². The van der Waals surface area contributed by atoms with Gasteiger partial charge < -0.3 is 5.48 Å². The van der Waals surface area contributed by atoms with Crippen LogP contribution in [0.5, 0.6) is 0 Å². The summed E-state index contributed by atoms with van der Waals surface area (Å²) in [5.41, 5.74) is 1.35. The third kappa shape index (κ3) is 3.00. The van der Waals surface area contributed by atoms with E-state index in [1.54, 1.807) is 0 Å². The van der Waals surface area contributed by atoms with E-state index >= 15 is 0 Å². The number of rotatable bonds is 1. The molecular weight excluding hydrogens is 155 g/mol. The van der Waals surface area contributed by atoms with Crippen LogP contribution in [0.3, 0.4) is 0 Å². The van der Waals surface area contributed by atoms with Crippen molar-refractivity contribution in [1.29, 1.82) is 0 Å². The maximum Gasteiger partial charge on any atom is -0.0246 e. The van der Waals surface area contributed by atoms with Crippen molar-refractivity contribution in [3.8, 4) is 0 Å². The van der Waals surface area contributed by atoms with E-state index < -0.39 is 0 Å². The second kappa shape index (κ2) is 4.48. The first-order valence-electron chi connectivity index (χ1n) is 3.44. The van der Waals surface area contributed by atoms with Crippen molar-refractivity contribution in [3.05, 3.63) is 29.8 Å². The largest absolute Gasteiger partial charge is 0.412 e. The molecule has 0 aliphatic carbocycles. The molecular formula is C9H15OP. The number of benzene rings is 1. The summed E-state index contributed by atoms with van der Waals surface area (Å²) < 4.78 is 0. The Morgan fingerprint density at radius 3 is 1.82 bits per heavy atom. The smallest absolute Gasteiger partial charge is 0.0246 e. The number of hydrogen-bond donors (Lipinski definition) is 0. The van der Waals surface area contributed by atoms with E-state index in [0.29, 0.717) is 0 Å². The topological polar surface area (TPSA) is 31.5 Å². The van der Waals surface area contributed by atoms with Crippen LogP contribution in [-0.2, 0) is 0 Å². The monoisotopic (exact) mass is 170 g/mol. The van der Waals surface area contributed by atoms with Crippen LogP contribution in [0.2, 0.25) is 0 Å². The Labute approximate surface area is 69.5 Å². The molecule has 0 saturated heterocycles. The van der Waals surface area contributed by atoms with Crippen molar-refractivity contribution in [3.63, 3.8) is 0 Å². The van der Waals surface area contributed by atoms with E-state index in [-0.39, 0.29) is 13.4 Å². The molecule has 0 atom stereocenters. The van der Waals surface area contributed by atoms with Gasteiger partial charge in [-0.05, 0) is 25.6 Å². The molecule has 1 rings (SSSR count). The van der Waals surface area contributed by atoms with E-state index in [1.165, 1.54) is 10.9 Å². The number of aryl methyl sites for hydroxylation is 1. The van der Waals surface area contributed by atoms with Gasteiger partial charge in [-0.2, -0.15) is 0 Å². The molecule has 0 unspecified atom stereocenters. The fourth-order valence-electron chi connectivity index (χ4n) is 0.843. The maximum atomic E-state index is 2.28. The normalized spacial score (nSPS) is 9.45. The molecule has 0 aliphatic heterocycles. The SMILES string of the molecule is Cc1ccc(P(C)C)cc1.O. The van der Waals surface area contributed by atoms with Crippen LogP contribution < -0.4 is 5.30 Å². The van der Waals surface area contributed by atoms with Gasteiger partial charge in [-0.25, -0.2) is 0 Å². The summed E-state index contributed by atoms with van der Waals surface area (Å²) >= 11 is 0. The molecule has 0 saturated carbocycles. The molecule has 62 valence electrons. The second-order valence-corrected chi connectivity index (χ2v) is 5.04. The second-order valence-electron chi connectivity index (χ2n) is 2.73. The van der Waals surface area contributed by atoms with Crippen LogP contribution in [0.1, 0.15) is 5.56 Å². The molecule has 1 aromatic rings. The zero-order chi connectivity index (χ0) is 7.56.